The Kier molecular flexibility index (Phi) is 7.27. The fourth-order valence-electron chi connectivity index (χ4n) is 3.09. The Morgan fingerprint density at radius 1 is 0.971 bits per heavy atom. The van der Waals surface area contributed by atoms with Crippen molar-refractivity contribution in [3.63, 3.8) is 0 Å². The number of carbonyl (C=O) groups is 1. The van der Waals surface area contributed by atoms with Crippen LogP contribution in [0.15, 0.2) is 78.1 Å². The van der Waals surface area contributed by atoms with Crippen molar-refractivity contribution in [2.45, 2.75) is 11.8 Å². The highest BCUT2D eigenvalue weighted by Crippen LogP contribution is 2.28. The molecule has 0 unspecified atom stereocenters. The van der Waals surface area contributed by atoms with Crippen LogP contribution in [0.2, 0.25) is 10.0 Å². The van der Waals surface area contributed by atoms with E-state index in [-0.39, 0.29) is 20.5 Å². The van der Waals surface area contributed by atoms with Gasteiger partial charge >= 0.3 is 0 Å². The number of hydrazine groups is 1. The Morgan fingerprint density at radius 2 is 1.74 bits per heavy atom. The molecule has 0 aliphatic carbocycles. The molecule has 2 aromatic carbocycles. The Labute approximate surface area is 211 Å². The number of halogens is 2. The summed E-state index contributed by atoms with van der Waals surface area (Å²) < 4.78 is 25.2. The maximum absolute atomic E-state index is 12.7. The number of nitrogens with zero attached hydrogens (tertiary/aromatic N) is 3. The van der Waals surface area contributed by atoms with Gasteiger partial charge in [-0.25, -0.2) is 18.4 Å². The van der Waals surface area contributed by atoms with E-state index in [4.69, 9.17) is 23.2 Å². The molecule has 9 nitrogen and oxygen atoms in total. The zero-order valence-electron chi connectivity index (χ0n) is 18.2. The summed E-state index contributed by atoms with van der Waals surface area (Å²) in [7, 11) is -4.21. The second kappa shape index (κ2) is 10.4. The maximum Gasteiger partial charge on any atom is 0.266 e. The van der Waals surface area contributed by atoms with E-state index in [0.717, 1.165) is 11.1 Å². The van der Waals surface area contributed by atoms with Crippen LogP contribution in [0.25, 0.3) is 11.3 Å². The third kappa shape index (κ3) is 5.75. The zero-order valence-corrected chi connectivity index (χ0v) is 20.5. The summed E-state index contributed by atoms with van der Waals surface area (Å²) in [5.74, 6) is -0.370. The van der Waals surface area contributed by atoms with Gasteiger partial charge in [-0.05, 0) is 55.0 Å². The van der Waals surface area contributed by atoms with Gasteiger partial charge in [0, 0.05) is 35.4 Å². The standard InChI is InChI=1S/C23H18Cl2N6O3S/c1-14-7-8-15(22(32)30-31-35(33,34)21-17(24)5-2-6-18(21)25)12-20(14)29-23-27-11-9-19(28-23)16-4-3-10-26-13-16/h2-13,31H,1H3,(H,30,32)(H,27,28,29). The van der Waals surface area contributed by atoms with Crippen LogP contribution in [0.1, 0.15) is 15.9 Å². The number of pyridine rings is 1. The molecule has 178 valence electrons. The predicted molar refractivity (Wildman–Crippen MR) is 134 cm³/mol. The fourth-order valence-corrected chi connectivity index (χ4v) is 5.07. The molecule has 0 saturated heterocycles. The van der Waals surface area contributed by atoms with Crippen LogP contribution >= 0.6 is 23.2 Å². The molecule has 2 aromatic heterocycles. The molecule has 2 heterocycles. The molecule has 0 aliphatic rings. The molecule has 0 aliphatic heterocycles. The van der Waals surface area contributed by atoms with Crippen LogP contribution in [0.3, 0.4) is 0 Å². The van der Waals surface area contributed by atoms with Gasteiger partial charge < -0.3 is 5.32 Å². The monoisotopic (exact) mass is 528 g/mol. The van der Waals surface area contributed by atoms with Gasteiger partial charge in [-0.15, -0.1) is 4.83 Å². The maximum atomic E-state index is 12.7. The number of benzene rings is 2. The normalized spacial score (nSPS) is 11.2. The van der Waals surface area contributed by atoms with Crippen molar-refractivity contribution >= 4 is 50.8 Å². The first-order valence-corrected chi connectivity index (χ1v) is 12.4. The first-order chi connectivity index (χ1) is 16.7. The number of carbonyl (C=O) groups excluding carboxylic acids is 1. The van der Waals surface area contributed by atoms with Crippen molar-refractivity contribution in [3.05, 3.63) is 94.4 Å². The summed E-state index contributed by atoms with van der Waals surface area (Å²) in [6.07, 6.45) is 4.98. The van der Waals surface area contributed by atoms with E-state index in [1.807, 2.05) is 23.9 Å². The molecule has 1 amide bonds. The average Bonchev–Trinajstić information content (AvgIpc) is 2.84. The van der Waals surface area contributed by atoms with Gasteiger partial charge in [-0.3, -0.25) is 15.2 Å². The zero-order chi connectivity index (χ0) is 25.0. The Bertz CT molecular complexity index is 1480. The number of sulfonamides is 1. The largest absolute Gasteiger partial charge is 0.324 e. The van der Waals surface area contributed by atoms with Crippen LogP contribution in [-0.2, 0) is 10.0 Å². The lowest BCUT2D eigenvalue weighted by Crippen LogP contribution is -2.41. The molecule has 35 heavy (non-hydrogen) atoms. The molecular weight excluding hydrogens is 511 g/mol. The minimum Gasteiger partial charge on any atom is -0.324 e. The smallest absolute Gasteiger partial charge is 0.266 e. The molecule has 4 rings (SSSR count). The second-order valence-electron chi connectivity index (χ2n) is 7.27. The highest BCUT2D eigenvalue weighted by atomic mass is 35.5. The lowest BCUT2D eigenvalue weighted by atomic mass is 10.1. The molecule has 0 fully saturated rings. The van der Waals surface area contributed by atoms with E-state index in [9.17, 15) is 13.2 Å². The second-order valence-corrected chi connectivity index (χ2v) is 9.71. The molecule has 12 heteroatoms. The van der Waals surface area contributed by atoms with Gasteiger partial charge in [0.05, 0.1) is 15.7 Å². The van der Waals surface area contributed by atoms with Gasteiger partial charge in [0.1, 0.15) is 4.90 Å². The van der Waals surface area contributed by atoms with Gasteiger partial charge in [0.25, 0.3) is 15.9 Å². The van der Waals surface area contributed by atoms with Crippen molar-refractivity contribution < 1.29 is 13.2 Å². The molecule has 0 bridgehead atoms. The fraction of sp³-hybridized carbons (Fsp3) is 0.0435. The summed E-state index contributed by atoms with van der Waals surface area (Å²) in [5, 5.41) is 2.95. The summed E-state index contributed by atoms with van der Waals surface area (Å²) >= 11 is 11.9. The number of nitrogens with one attached hydrogen (secondary N) is 3. The van der Waals surface area contributed by atoms with E-state index in [1.54, 1.807) is 42.9 Å². The lowest BCUT2D eigenvalue weighted by Gasteiger charge is -2.13. The quantitative estimate of drug-likeness (QED) is 0.301. The van der Waals surface area contributed by atoms with E-state index < -0.39 is 15.9 Å². The highest BCUT2D eigenvalue weighted by Gasteiger charge is 2.22. The summed E-state index contributed by atoms with van der Waals surface area (Å²) in [4.78, 5) is 27.2. The topological polar surface area (TPSA) is 126 Å². The molecule has 3 N–H and O–H groups in total. The highest BCUT2D eigenvalue weighted by molar-refractivity contribution is 7.89. The van der Waals surface area contributed by atoms with Gasteiger partial charge in [-0.2, -0.15) is 0 Å². The van der Waals surface area contributed by atoms with Crippen molar-refractivity contribution in [2.75, 3.05) is 5.32 Å². The number of aromatic nitrogens is 3. The number of aryl methyl sites for hydroxylation is 1. The SMILES string of the molecule is Cc1ccc(C(=O)NNS(=O)(=O)c2c(Cl)cccc2Cl)cc1Nc1nccc(-c2cccnc2)n1. The average molecular weight is 529 g/mol. The molecule has 0 spiro atoms. The Morgan fingerprint density at radius 3 is 2.46 bits per heavy atom. The Balaban J connectivity index is 1.51. The van der Waals surface area contributed by atoms with Gasteiger partial charge in [0.15, 0.2) is 0 Å². The first-order valence-electron chi connectivity index (χ1n) is 10.1. The third-order valence-corrected chi connectivity index (χ3v) is 7.05. The third-order valence-electron chi connectivity index (χ3n) is 4.85. The van der Waals surface area contributed by atoms with Crippen molar-refractivity contribution in [1.82, 2.24) is 25.2 Å². The lowest BCUT2D eigenvalue weighted by molar-refractivity contribution is 0.0945. The summed E-state index contributed by atoms with van der Waals surface area (Å²) in [6, 6.07) is 14.6. The van der Waals surface area contributed by atoms with Crippen LogP contribution in [-0.4, -0.2) is 29.3 Å². The van der Waals surface area contributed by atoms with E-state index in [1.165, 1.54) is 18.2 Å². The number of anilines is 2. The van der Waals surface area contributed by atoms with Crippen LogP contribution in [0, 0.1) is 6.92 Å². The number of hydrogen-bond donors (Lipinski definition) is 3. The van der Waals surface area contributed by atoms with E-state index in [0.29, 0.717) is 17.3 Å². The number of rotatable bonds is 7. The summed E-state index contributed by atoms with van der Waals surface area (Å²) in [6.45, 7) is 1.84. The minimum atomic E-state index is -4.21. The molecular formula is C23H18Cl2N6O3S. The number of hydrogen-bond acceptors (Lipinski definition) is 7. The van der Waals surface area contributed by atoms with E-state index >= 15 is 0 Å². The first kappa shape index (κ1) is 24.6. The Hall–Kier alpha value is -3.57. The number of amides is 1. The molecule has 0 radical (unpaired) electrons. The molecule has 0 atom stereocenters. The van der Waals surface area contributed by atoms with Crippen LogP contribution in [0.4, 0.5) is 11.6 Å². The summed E-state index contributed by atoms with van der Waals surface area (Å²) in [5.41, 5.74) is 5.25. The molecule has 4 aromatic rings. The predicted octanol–water partition coefficient (Wildman–Crippen LogP) is 4.52. The van der Waals surface area contributed by atoms with E-state index in [2.05, 4.69) is 25.7 Å². The minimum absolute atomic E-state index is 0.0745. The molecule has 0 saturated carbocycles. The van der Waals surface area contributed by atoms with Gasteiger partial charge in [0.2, 0.25) is 5.95 Å². The van der Waals surface area contributed by atoms with Crippen molar-refractivity contribution in [3.8, 4) is 11.3 Å². The van der Waals surface area contributed by atoms with Crippen LogP contribution < -0.4 is 15.6 Å². The van der Waals surface area contributed by atoms with Crippen molar-refractivity contribution in [2.24, 2.45) is 0 Å². The van der Waals surface area contributed by atoms with Gasteiger partial charge in [-0.1, -0.05) is 35.3 Å². The van der Waals surface area contributed by atoms with Crippen molar-refractivity contribution in [1.29, 1.82) is 0 Å². The van der Waals surface area contributed by atoms with Crippen LogP contribution in [0.5, 0.6) is 0 Å².